The molecule has 2 heterocycles. The number of rotatable bonds is 5. The number of aryl methyl sites for hydroxylation is 1. The van der Waals surface area contributed by atoms with E-state index in [1.165, 1.54) is 6.33 Å². The Balaban J connectivity index is 1.45. The van der Waals surface area contributed by atoms with Crippen molar-refractivity contribution >= 4 is 34.7 Å². The average molecular weight is 405 g/mol. The summed E-state index contributed by atoms with van der Waals surface area (Å²) in [5, 5.41) is 6.60. The van der Waals surface area contributed by atoms with Crippen LogP contribution in [0.15, 0.2) is 73.3 Å². The van der Waals surface area contributed by atoms with Gasteiger partial charge < -0.3 is 10.6 Å². The molecule has 0 atom stereocenters. The molecule has 0 saturated carbocycles. The van der Waals surface area contributed by atoms with E-state index in [4.69, 9.17) is 11.6 Å². The Hall–Kier alpha value is -3.71. The smallest absolute Gasteiger partial charge is 0.255 e. The van der Waals surface area contributed by atoms with Crippen molar-refractivity contribution in [3.05, 3.63) is 89.7 Å². The van der Waals surface area contributed by atoms with Crippen LogP contribution in [0.3, 0.4) is 0 Å². The number of imidazole rings is 1. The summed E-state index contributed by atoms with van der Waals surface area (Å²) >= 11 is 5.94. The third-order valence-electron chi connectivity index (χ3n) is 4.23. The molecule has 7 nitrogen and oxygen atoms in total. The van der Waals surface area contributed by atoms with Gasteiger partial charge in [0, 0.05) is 40.4 Å². The fourth-order valence-corrected chi connectivity index (χ4v) is 2.98. The van der Waals surface area contributed by atoms with E-state index in [1.54, 1.807) is 30.5 Å². The van der Waals surface area contributed by atoms with Crippen LogP contribution in [-0.4, -0.2) is 25.4 Å². The van der Waals surface area contributed by atoms with Gasteiger partial charge in [0.05, 0.1) is 0 Å². The highest BCUT2D eigenvalue weighted by molar-refractivity contribution is 6.31. The summed E-state index contributed by atoms with van der Waals surface area (Å²) in [6.07, 6.45) is 5.07. The van der Waals surface area contributed by atoms with Gasteiger partial charge in [0.15, 0.2) is 0 Å². The average Bonchev–Trinajstić information content (AvgIpc) is 3.16. The highest BCUT2D eigenvalue weighted by Gasteiger charge is 2.07. The minimum Gasteiger partial charge on any atom is -0.340 e. The van der Waals surface area contributed by atoms with Gasteiger partial charge in [-0.2, -0.15) is 0 Å². The highest BCUT2D eigenvalue weighted by atomic mass is 35.5. The molecule has 2 aromatic heterocycles. The Morgan fingerprint density at radius 1 is 1.00 bits per heavy atom. The van der Waals surface area contributed by atoms with Gasteiger partial charge in [0.2, 0.25) is 0 Å². The number of hydrogen-bond donors (Lipinski definition) is 2. The fourth-order valence-electron chi connectivity index (χ4n) is 2.78. The summed E-state index contributed by atoms with van der Waals surface area (Å²) < 4.78 is 1.88. The minimum atomic E-state index is -0.218. The van der Waals surface area contributed by atoms with E-state index < -0.39 is 0 Å². The maximum Gasteiger partial charge on any atom is 0.255 e. The van der Waals surface area contributed by atoms with Gasteiger partial charge in [0.25, 0.3) is 5.91 Å². The van der Waals surface area contributed by atoms with Gasteiger partial charge in [-0.3, -0.25) is 9.36 Å². The van der Waals surface area contributed by atoms with Crippen molar-refractivity contribution in [1.29, 1.82) is 0 Å². The topological polar surface area (TPSA) is 84.7 Å². The van der Waals surface area contributed by atoms with Crippen molar-refractivity contribution in [2.75, 3.05) is 10.6 Å². The first-order valence-corrected chi connectivity index (χ1v) is 9.23. The molecule has 29 heavy (non-hydrogen) atoms. The molecule has 8 heteroatoms. The molecule has 4 aromatic rings. The number of carbonyl (C=O) groups excluding carboxylic acids is 1. The van der Waals surface area contributed by atoms with Crippen molar-refractivity contribution in [3.63, 3.8) is 0 Å². The molecule has 0 spiro atoms. The van der Waals surface area contributed by atoms with E-state index >= 15 is 0 Å². The van der Waals surface area contributed by atoms with E-state index in [0.717, 1.165) is 17.3 Å². The molecule has 0 unspecified atom stereocenters. The van der Waals surface area contributed by atoms with Crippen LogP contribution >= 0.6 is 11.6 Å². The molecule has 0 radical (unpaired) electrons. The lowest BCUT2D eigenvalue weighted by Gasteiger charge is -2.10. The first kappa shape index (κ1) is 18.6. The zero-order valence-electron chi connectivity index (χ0n) is 15.5. The van der Waals surface area contributed by atoms with Crippen LogP contribution in [0.1, 0.15) is 16.2 Å². The zero-order valence-corrected chi connectivity index (χ0v) is 16.3. The molecule has 0 fully saturated rings. The second-order valence-electron chi connectivity index (χ2n) is 6.27. The van der Waals surface area contributed by atoms with Crippen LogP contribution in [0.25, 0.3) is 5.82 Å². The van der Waals surface area contributed by atoms with E-state index in [0.29, 0.717) is 22.1 Å². The van der Waals surface area contributed by atoms with Crippen LogP contribution in [0.2, 0.25) is 5.02 Å². The van der Waals surface area contributed by atoms with Gasteiger partial charge in [-0.1, -0.05) is 17.7 Å². The van der Waals surface area contributed by atoms with Crippen molar-refractivity contribution in [2.24, 2.45) is 0 Å². The maximum absolute atomic E-state index is 12.3. The van der Waals surface area contributed by atoms with Crippen LogP contribution < -0.4 is 10.6 Å². The number of nitrogens with zero attached hydrogens (tertiary/aromatic N) is 4. The molecule has 0 bridgehead atoms. The lowest BCUT2D eigenvalue weighted by molar-refractivity contribution is 0.102. The Morgan fingerprint density at radius 3 is 2.52 bits per heavy atom. The molecule has 0 saturated heterocycles. The van der Waals surface area contributed by atoms with Crippen molar-refractivity contribution in [1.82, 2.24) is 19.5 Å². The van der Waals surface area contributed by atoms with Crippen molar-refractivity contribution < 1.29 is 4.79 Å². The summed E-state index contributed by atoms with van der Waals surface area (Å²) in [6, 6.07) is 16.0. The number of aromatic nitrogens is 4. The largest absolute Gasteiger partial charge is 0.340 e. The highest BCUT2D eigenvalue weighted by Crippen LogP contribution is 2.20. The van der Waals surface area contributed by atoms with Crippen LogP contribution in [0.4, 0.5) is 17.2 Å². The summed E-state index contributed by atoms with van der Waals surface area (Å²) in [4.78, 5) is 25.1. The number of carbonyl (C=O) groups is 1. The third kappa shape index (κ3) is 4.41. The summed E-state index contributed by atoms with van der Waals surface area (Å²) in [5.41, 5.74) is 2.01. The molecule has 4 rings (SSSR count). The van der Waals surface area contributed by atoms with Gasteiger partial charge in [0.1, 0.15) is 23.8 Å². The predicted octanol–water partition coefficient (Wildman–Crippen LogP) is 4.62. The quantitative estimate of drug-likeness (QED) is 0.507. The monoisotopic (exact) mass is 404 g/mol. The molecular weight excluding hydrogens is 388 g/mol. The van der Waals surface area contributed by atoms with Crippen LogP contribution in [0.5, 0.6) is 0 Å². The molecule has 0 aliphatic carbocycles. The molecule has 144 valence electrons. The van der Waals surface area contributed by atoms with Crippen LogP contribution in [0, 0.1) is 6.92 Å². The second-order valence-corrected chi connectivity index (χ2v) is 6.71. The lowest BCUT2D eigenvalue weighted by atomic mass is 10.2. The molecule has 0 aliphatic heterocycles. The van der Waals surface area contributed by atoms with E-state index in [9.17, 15) is 4.79 Å². The molecule has 2 aromatic carbocycles. The van der Waals surface area contributed by atoms with Crippen molar-refractivity contribution in [3.8, 4) is 5.82 Å². The van der Waals surface area contributed by atoms with Crippen LogP contribution in [-0.2, 0) is 0 Å². The molecule has 1 amide bonds. The number of halogens is 1. The van der Waals surface area contributed by atoms with Gasteiger partial charge >= 0.3 is 0 Å². The first-order valence-electron chi connectivity index (χ1n) is 8.85. The zero-order chi connectivity index (χ0) is 20.2. The maximum atomic E-state index is 12.3. The number of anilines is 3. The van der Waals surface area contributed by atoms with Crippen molar-refractivity contribution in [2.45, 2.75) is 6.92 Å². The summed E-state index contributed by atoms with van der Waals surface area (Å²) in [7, 11) is 0. The number of nitrogens with one attached hydrogen (secondary N) is 2. The Morgan fingerprint density at radius 2 is 1.79 bits per heavy atom. The molecule has 0 aliphatic rings. The second kappa shape index (κ2) is 8.12. The predicted molar refractivity (Wildman–Crippen MR) is 113 cm³/mol. The standard InChI is InChI=1S/C21H17ClN6O/c1-14-23-9-10-28(14)20-12-19(24-13-25-20)26-17-5-7-18(8-6-17)27-21(29)15-3-2-4-16(22)11-15/h2-13H,1H3,(H,27,29)(H,24,25,26). The van der Waals surface area contributed by atoms with Gasteiger partial charge in [-0.15, -0.1) is 0 Å². The molecular formula is C21H17ClN6O. The molecule has 2 N–H and O–H groups in total. The Labute approximate surface area is 172 Å². The van der Waals surface area contributed by atoms with E-state index in [-0.39, 0.29) is 5.91 Å². The Kier molecular flexibility index (Phi) is 5.22. The SMILES string of the molecule is Cc1nccn1-c1cc(Nc2ccc(NC(=O)c3cccc(Cl)c3)cc2)ncn1. The fraction of sp³-hybridized carbons (Fsp3) is 0.0476. The lowest BCUT2D eigenvalue weighted by Crippen LogP contribution is -2.11. The first-order chi connectivity index (χ1) is 14.1. The normalized spacial score (nSPS) is 10.6. The minimum absolute atomic E-state index is 0.218. The number of hydrogen-bond acceptors (Lipinski definition) is 5. The third-order valence-corrected chi connectivity index (χ3v) is 4.46. The Bertz CT molecular complexity index is 1160. The summed E-state index contributed by atoms with van der Waals surface area (Å²) in [6.45, 7) is 1.91. The number of benzene rings is 2. The summed E-state index contributed by atoms with van der Waals surface area (Å²) in [5.74, 6) is 2.00. The van der Waals surface area contributed by atoms with E-state index in [2.05, 4.69) is 25.6 Å². The van der Waals surface area contributed by atoms with Gasteiger partial charge in [-0.25, -0.2) is 15.0 Å². The van der Waals surface area contributed by atoms with E-state index in [1.807, 2.05) is 48.0 Å². The number of amides is 1. The van der Waals surface area contributed by atoms with Gasteiger partial charge in [-0.05, 0) is 49.4 Å².